The maximum absolute atomic E-state index is 13.7. The number of likely N-dealkylation sites (tertiary alicyclic amines) is 1. The van der Waals surface area contributed by atoms with Gasteiger partial charge in [0.2, 0.25) is 5.91 Å². The summed E-state index contributed by atoms with van der Waals surface area (Å²) < 4.78 is 27.2. The first-order valence-corrected chi connectivity index (χ1v) is 6.61. The van der Waals surface area contributed by atoms with E-state index in [0.717, 1.165) is 6.07 Å². The number of halogens is 2. The number of carbonyl (C=O) groups excluding carboxylic acids is 1. The van der Waals surface area contributed by atoms with Crippen LogP contribution in [0, 0.1) is 11.6 Å². The standard InChI is InChI=1S/C13H18F2N4O/c1-3-16-12-9(14)6-10(15)13(18-12)17-8-4-5-11(20)19(2)7-8/h6,8H,3-5,7H2,1-2H3,(H2,16,17,18). The SMILES string of the molecule is CCNc1nc(NC2CCC(=O)N(C)C2)c(F)cc1F. The Labute approximate surface area is 116 Å². The zero-order valence-corrected chi connectivity index (χ0v) is 11.5. The number of carbonyl (C=O) groups is 1. The third kappa shape index (κ3) is 3.15. The molecule has 0 bridgehead atoms. The zero-order chi connectivity index (χ0) is 14.7. The van der Waals surface area contributed by atoms with Gasteiger partial charge in [-0.05, 0) is 13.3 Å². The van der Waals surface area contributed by atoms with Crippen molar-refractivity contribution < 1.29 is 13.6 Å². The molecule has 1 aromatic rings. The maximum Gasteiger partial charge on any atom is 0.222 e. The van der Waals surface area contributed by atoms with E-state index in [4.69, 9.17) is 0 Å². The molecule has 7 heteroatoms. The van der Waals surface area contributed by atoms with Crippen molar-refractivity contribution >= 4 is 17.5 Å². The first-order chi connectivity index (χ1) is 9.51. The van der Waals surface area contributed by atoms with Gasteiger partial charge in [-0.3, -0.25) is 4.79 Å². The Bertz CT molecular complexity index is 509. The van der Waals surface area contributed by atoms with E-state index in [-0.39, 0.29) is 23.6 Å². The van der Waals surface area contributed by atoms with Gasteiger partial charge in [0.1, 0.15) is 0 Å². The molecule has 1 aliphatic heterocycles. The van der Waals surface area contributed by atoms with E-state index in [9.17, 15) is 13.6 Å². The van der Waals surface area contributed by atoms with Crippen molar-refractivity contribution in [2.45, 2.75) is 25.8 Å². The third-order valence-corrected chi connectivity index (χ3v) is 3.24. The number of amides is 1. The van der Waals surface area contributed by atoms with Crippen molar-refractivity contribution in [2.75, 3.05) is 30.8 Å². The Hall–Kier alpha value is -1.92. The number of hydrogen-bond acceptors (Lipinski definition) is 4. The fourth-order valence-electron chi connectivity index (χ4n) is 2.18. The lowest BCUT2D eigenvalue weighted by Crippen LogP contribution is -2.43. The molecule has 1 aromatic heterocycles. The molecule has 1 amide bonds. The van der Waals surface area contributed by atoms with Crippen LogP contribution in [0.5, 0.6) is 0 Å². The molecule has 2 rings (SSSR count). The maximum atomic E-state index is 13.7. The molecule has 2 N–H and O–H groups in total. The van der Waals surface area contributed by atoms with Crippen molar-refractivity contribution in [2.24, 2.45) is 0 Å². The number of piperidine rings is 1. The summed E-state index contributed by atoms with van der Waals surface area (Å²) in [5.74, 6) is -1.34. The highest BCUT2D eigenvalue weighted by Crippen LogP contribution is 2.21. The summed E-state index contributed by atoms with van der Waals surface area (Å²) in [5, 5.41) is 5.68. The van der Waals surface area contributed by atoms with Crippen molar-refractivity contribution in [1.29, 1.82) is 0 Å². The normalized spacial score (nSPS) is 19.1. The van der Waals surface area contributed by atoms with Gasteiger partial charge in [0.05, 0.1) is 0 Å². The summed E-state index contributed by atoms with van der Waals surface area (Å²) in [6.07, 6.45) is 1.02. The lowest BCUT2D eigenvalue weighted by molar-refractivity contribution is -0.132. The van der Waals surface area contributed by atoms with E-state index in [2.05, 4.69) is 15.6 Å². The van der Waals surface area contributed by atoms with Crippen LogP contribution >= 0.6 is 0 Å². The highest BCUT2D eigenvalue weighted by Gasteiger charge is 2.24. The summed E-state index contributed by atoms with van der Waals surface area (Å²) in [4.78, 5) is 16.9. The van der Waals surface area contributed by atoms with E-state index in [1.165, 1.54) is 0 Å². The average Bonchev–Trinajstić information content (AvgIpc) is 2.39. The Kier molecular flexibility index (Phi) is 4.36. The minimum absolute atomic E-state index is 0.00935. The number of rotatable bonds is 4. The van der Waals surface area contributed by atoms with Crippen molar-refractivity contribution in [1.82, 2.24) is 9.88 Å². The molecule has 0 aromatic carbocycles. The van der Waals surface area contributed by atoms with Gasteiger partial charge >= 0.3 is 0 Å². The van der Waals surface area contributed by atoms with E-state index in [1.807, 2.05) is 0 Å². The van der Waals surface area contributed by atoms with Crippen LogP contribution < -0.4 is 10.6 Å². The fraction of sp³-hybridized carbons (Fsp3) is 0.538. The second-order valence-corrected chi connectivity index (χ2v) is 4.83. The molecule has 1 fully saturated rings. The quantitative estimate of drug-likeness (QED) is 0.885. The molecular formula is C13H18F2N4O. The van der Waals surface area contributed by atoms with Crippen LogP contribution in [0.15, 0.2) is 6.07 Å². The van der Waals surface area contributed by atoms with Crippen LogP contribution in [0.25, 0.3) is 0 Å². The highest BCUT2D eigenvalue weighted by atomic mass is 19.1. The number of aromatic nitrogens is 1. The molecular weight excluding hydrogens is 266 g/mol. The largest absolute Gasteiger partial charge is 0.368 e. The van der Waals surface area contributed by atoms with Gasteiger partial charge in [-0.1, -0.05) is 0 Å². The van der Waals surface area contributed by atoms with Gasteiger partial charge in [-0.15, -0.1) is 0 Å². The number of anilines is 2. The summed E-state index contributed by atoms with van der Waals surface area (Å²) in [7, 11) is 1.70. The first kappa shape index (κ1) is 14.5. The number of nitrogens with zero attached hydrogens (tertiary/aromatic N) is 2. The summed E-state index contributed by atoms with van der Waals surface area (Å²) in [5.41, 5.74) is 0. The van der Waals surface area contributed by atoms with Gasteiger partial charge in [-0.2, -0.15) is 0 Å². The van der Waals surface area contributed by atoms with Crippen LogP contribution in [0.2, 0.25) is 0 Å². The van der Waals surface area contributed by atoms with E-state index < -0.39 is 11.6 Å². The van der Waals surface area contributed by atoms with E-state index >= 15 is 0 Å². The Morgan fingerprint density at radius 1 is 1.40 bits per heavy atom. The van der Waals surface area contributed by atoms with Gasteiger partial charge in [0, 0.05) is 38.7 Å². The second-order valence-electron chi connectivity index (χ2n) is 4.83. The van der Waals surface area contributed by atoms with Crippen molar-refractivity contribution in [3.63, 3.8) is 0 Å². The Morgan fingerprint density at radius 2 is 2.10 bits per heavy atom. The predicted octanol–water partition coefficient (Wildman–Crippen LogP) is 1.82. The number of hydrogen-bond donors (Lipinski definition) is 2. The van der Waals surface area contributed by atoms with Gasteiger partial charge in [0.25, 0.3) is 0 Å². The summed E-state index contributed by atoms with van der Waals surface area (Å²) in [6.45, 7) is 2.78. The smallest absolute Gasteiger partial charge is 0.222 e. The molecule has 1 aliphatic rings. The molecule has 110 valence electrons. The van der Waals surface area contributed by atoms with Gasteiger partial charge in [-0.25, -0.2) is 13.8 Å². The Balaban J connectivity index is 2.12. The molecule has 1 atom stereocenters. The molecule has 0 radical (unpaired) electrons. The summed E-state index contributed by atoms with van der Waals surface area (Å²) in [6, 6.07) is 0.727. The molecule has 0 saturated carbocycles. The Morgan fingerprint density at radius 3 is 2.75 bits per heavy atom. The lowest BCUT2D eigenvalue weighted by Gasteiger charge is -2.30. The van der Waals surface area contributed by atoms with Crippen LogP contribution in [-0.2, 0) is 4.79 Å². The molecule has 0 aliphatic carbocycles. The van der Waals surface area contributed by atoms with E-state index in [1.54, 1.807) is 18.9 Å². The second kappa shape index (κ2) is 6.02. The predicted molar refractivity (Wildman–Crippen MR) is 72.6 cm³/mol. The van der Waals surface area contributed by atoms with E-state index in [0.29, 0.717) is 25.9 Å². The monoisotopic (exact) mass is 284 g/mol. The fourth-order valence-corrected chi connectivity index (χ4v) is 2.18. The average molecular weight is 284 g/mol. The van der Waals surface area contributed by atoms with Crippen molar-refractivity contribution in [3.05, 3.63) is 17.7 Å². The highest BCUT2D eigenvalue weighted by molar-refractivity contribution is 5.77. The molecule has 1 unspecified atom stereocenters. The van der Waals surface area contributed by atoms with Gasteiger partial charge < -0.3 is 15.5 Å². The number of nitrogens with one attached hydrogen (secondary N) is 2. The minimum atomic E-state index is -0.733. The molecule has 20 heavy (non-hydrogen) atoms. The van der Waals surface area contributed by atoms with Crippen LogP contribution in [0.1, 0.15) is 19.8 Å². The van der Waals surface area contributed by atoms with Crippen LogP contribution in [0.4, 0.5) is 20.4 Å². The molecule has 5 nitrogen and oxygen atoms in total. The topological polar surface area (TPSA) is 57.3 Å². The first-order valence-electron chi connectivity index (χ1n) is 6.61. The molecule has 2 heterocycles. The number of pyridine rings is 1. The third-order valence-electron chi connectivity index (χ3n) is 3.24. The van der Waals surface area contributed by atoms with Gasteiger partial charge in [0.15, 0.2) is 23.3 Å². The molecule has 0 spiro atoms. The summed E-state index contributed by atoms with van der Waals surface area (Å²) >= 11 is 0. The lowest BCUT2D eigenvalue weighted by atomic mass is 10.1. The zero-order valence-electron chi connectivity index (χ0n) is 11.5. The number of likely N-dealkylation sites (N-methyl/N-ethyl adjacent to an activating group) is 1. The van der Waals surface area contributed by atoms with Crippen LogP contribution in [0.3, 0.4) is 0 Å². The molecule has 1 saturated heterocycles. The minimum Gasteiger partial charge on any atom is -0.368 e. The van der Waals surface area contributed by atoms with Crippen molar-refractivity contribution in [3.8, 4) is 0 Å². The van der Waals surface area contributed by atoms with Crippen LogP contribution in [-0.4, -0.2) is 42.0 Å².